The van der Waals surface area contributed by atoms with Gasteiger partial charge in [-0.15, -0.1) is 0 Å². The van der Waals surface area contributed by atoms with E-state index in [2.05, 4.69) is 10.3 Å². The molecule has 0 bridgehead atoms. The first-order valence-corrected chi connectivity index (χ1v) is 6.22. The van der Waals surface area contributed by atoms with E-state index in [0.717, 1.165) is 35.9 Å². The Labute approximate surface area is 104 Å². The number of fused-ring (bicyclic) bond motifs is 3. The Morgan fingerprint density at radius 1 is 1.39 bits per heavy atom. The van der Waals surface area contributed by atoms with Gasteiger partial charge in [0.25, 0.3) is 5.56 Å². The van der Waals surface area contributed by atoms with Gasteiger partial charge in [0.05, 0.1) is 5.39 Å². The molecule has 0 amide bonds. The number of halogens is 1. The molecule has 1 aromatic heterocycles. The van der Waals surface area contributed by atoms with Gasteiger partial charge in [-0.05, 0) is 49.4 Å². The fraction of sp³-hybridized carbons (Fsp3) is 0.357. The van der Waals surface area contributed by atoms with Crippen molar-refractivity contribution in [3.05, 3.63) is 45.6 Å². The predicted molar refractivity (Wildman–Crippen MR) is 69.3 cm³/mol. The quantitative estimate of drug-likeness (QED) is 0.810. The van der Waals surface area contributed by atoms with Gasteiger partial charge in [-0.25, -0.2) is 4.39 Å². The minimum Gasteiger partial charge on any atom is -0.325 e. The van der Waals surface area contributed by atoms with Gasteiger partial charge in [-0.3, -0.25) is 4.79 Å². The van der Waals surface area contributed by atoms with Crippen molar-refractivity contribution in [3.63, 3.8) is 0 Å². The van der Waals surface area contributed by atoms with Gasteiger partial charge < -0.3 is 10.3 Å². The van der Waals surface area contributed by atoms with E-state index in [9.17, 15) is 9.18 Å². The zero-order valence-electron chi connectivity index (χ0n) is 10.2. The molecule has 0 radical (unpaired) electrons. The van der Waals surface area contributed by atoms with Crippen LogP contribution in [0.1, 0.15) is 30.1 Å². The summed E-state index contributed by atoms with van der Waals surface area (Å²) in [7, 11) is 1.92. The summed E-state index contributed by atoms with van der Waals surface area (Å²) in [6, 6.07) is 4.69. The SMILES string of the molecule is CN[C@@H]1CCCc2[nH]c(=O)c3cc(F)ccc3c21. The van der Waals surface area contributed by atoms with Crippen LogP contribution in [0.5, 0.6) is 0 Å². The summed E-state index contributed by atoms with van der Waals surface area (Å²) >= 11 is 0. The van der Waals surface area contributed by atoms with Crippen molar-refractivity contribution in [1.29, 1.82) is 0 Å². The third-order valence-electron chi connectivity index (χ3n) is 3.72. The molecule has 1 aliphatic carbocycles. The molecular formula is C14H15FN2O. The summed E-state index contributed by atoms with van der Waals surface area (Å²) in [6.45, 7) is 0. The van der Waals surface area contributed by atoms with Gasteiger partial charge in [0.1, 0.15) is 5.82 Å². The normalized spacial score (nSPS) is 18.9. The van der Waals surface area contributed by atoms with Crippen LogP contribution >= 0.6 is 0 Å². The number of aryl methyl sites for hydroxylation is 1. The molecule has 1 heterocycles. The van der Waals surface area contributed by atoms with Crippen molar-refractivity contribution in [2.75, 3.05) is 7.05 Å². The van der Waals surface area contributed by atoms with Crippen molar-refractivity contribution in [1.82, 2.24) is 10.3 Å². The van der Waals surface area contributed by atoms with E-state index in [1.807, 2.05) is 7.05 Å². The molecule has 2 aromatic rings. The molecule has 3 nitrogen and oxygen atoms in total. The highest BCUT2D eigenvalue weighted by molar-refractivity contribution is 5.86. The number of H-pyrrole nitrogens is 1. The molecular weight excluding hydrogens is 231 g/mol. The lowest BCUT2D eigenvalue weighted by Crippen LogP contribution is -2.25. The first-order valence-electron chi connectivity index (χ1n) is 6.22. The van der Waals surface area contributed by atoms with Crippen LogP contribution in [0.2, 0.25) is 0 Å². The van der Waals surface area contributed by atoms with Crippen LogP contribution in [0.15, 0.2) is 23.0 Å². The topological polar surface area (TPSA) is 44.9 Å². The molecule has 0 unspecified atom stereocenters. The van der Waals surface area contributed by atoms with Crippen LogP contribution in [0.4, 0.5) is 4.39 Å². The molecule has 1 aliphatic rings. The Hall–Kier alpha value is -1.68. The minimum absolute atomic E-state index is 0.194. The van der Waals surface area contributed by atoms with Gasteiger partial charge in [-0.2, -0.15) is 0 Å². The van der Waals surface area contributed by atoms with E-state index >= 15 is 0 Å². The fourth-order valence-electron chi connectivity index (χ4n) is 2.88. The lowest BCUT2D eigenvalue weighted by atomic mass is 9.88. The summed E-state index contributed by atoms with van der Waals surface area (Å²) in [5.74, 6) is -0.371. The van der Waals surface area contributed by atoms with Crippen molar-refractivity contribution >= 4 is 10.8 Å². The molecule has 0 spiro atoms. The molecule has 1 atom stereocenters. The molecule has 18 heavy (non-hydrogen) atoms. The second-order valence-electron chi connectivity index (χ2n) is 4.77. The van der Waals surface area contributed by atoms with Crippen molar-refractivity contribution in [3.8, 4) is 0 Å². The Morgan fingerprint density at radius 3 is 3.00 bits per heavy atom. The van der Waals surface area contributed by atoms with Crippen molar-refractivity contribution in [2.24, 2.45) is 0 Å². The van der Waals surface area contributed by atoms with Gasteiger partial charge in [-0.1, -0.05) is 6.07 Å². The van der Waals surface area contributed by atoms with Crippen LogP contribution in [0.3, 0.4) is 0 Å². The number of hydrogen-bond donors (Lipinski definition) is 2. The van der Waals surface area contributed by atoms with E-state index < -0.39 is 0 Å². The molecule has 3 rings (SSSR count). The first kappa shape index (κ1) is 11.4. The number of rotatable bonds is 1. The van der Waals surface area contributed by atoms with Gasteiger partial charge in [0.2, 0.25) is 0 Å². The molecule has 2 N–H and O–H groups in total. The molecule has 0 aliphatic heterocycles. The van der Waals surface area contributed by atoms with Crippen LogP contribution in [0.25, 0.3) is 10.8 Å². The maximum absolute atomic E-state index is 13.3. The minimum atomic E-state index is -0.371. The van der Waals surface area contributed by atoms with Crippen LogP contribution in [0, 0.1) is 5.82 Å². The lowest BCUT2D eigenvalue weighted by Gasteiger charge is -2.26. The molecule has 1 aromatic carbocycles. The standard InChI is InChI=1S/C14H15FN2O/c1-16-11-3-2-4-12-13(11)9-6-5-8(15)7-10(9)14(18)17-12/h5-7,11,16H,2-4H2,1H3,(H,17,18)/t11-/m1/s1. The average molecular weight is 246 g/mol. The third-order valence-corrected chi connectivity index (χ3v) is 3.72. The maximum atomic E-state index is 13.3. The fourth-order valence-corrected chi connectivity index (χ4v) is 2.88. The van der Waals surface area contributed by atoms with Crippen LogP contribution < -0.4 is 10.9 Å². The summed E-state index contributed by atoms with van der Waals surface area (Å²) in [4.78, 5) is 14.9. The molecule has 94 valence electrons. The van der Waals surface area contributed by atoms with Crippen molar-refractivity contribution in [2.45, 2.75) is 25.3 Å². The first-order chi connectivity index (χ1) is 8.70. The number of nitrogens with one attached hydrogen (secondary N) is 2. The van der Waals surface area contributed by atoms with E-state index in [1.165, 1.54) is 12.1 Å². The number of pyridine rings is 1. The number of aromatic nitrogens is 1. The monoisotopic (exact) mass is 246 g/mol. The summed E-state index contributed by atoms with van der Waals surface area (Å²) in [5, 5.41) is 4.58. The maximum Gasteiger partial charge on any atom is 0.256 e. The van der Waals surface area contributed by atoms with E-state index in [-0.39, 0.29) is 17.4 Å². The van der Waals surface area contributed by atoms with Crippen molar-refractivity contribution < 1.29 is 4.39 Å². The summed E-state index contributed by atoms with van der Waals surface area (Å²) in [6.07, 6.45) is 2.99. The van der Waals surface area contributed by atoms with Crippen LogP contribution in [-0.4, -0.2) is 12.0 Å². The second kappa shape index (κ2) is 4.21. The summed E-state index contributed by atoms with van der Waals surface area (Å²) < 4.78 is 13.3. The molecule has 0 saturated carbocycles. The van der Waals surface area contributed by atoms with Crippen LogP contribution in [-0.2, 0) is 6.42 Å². The molecule has 0 fully saturated rings. The number of aromatic amines is 1. The highest BCUT2D eigenvalue weighted by Gasteiger charge is 2.22. The van der Waals surface area contributed by atoms with E-state index in [0.29, 0.717) is 5.39 Å². The lowest BCUT2D eigenvalue weighted by molar-refractivity contribution is 0.493. The second-order valence-corrected chi connectivity index (χ2v) is 4.77. The summed E-state index contributed by atoms with van der Waals surface area (Å²) in [5.41, 5.74) is 1.92. The van der Waals surface area contributed by atoms with E-state index in [1.54, 1.807) is 6.07 Å². The largest absolute Gasteiger partial charge is 0.325 e. The molecule has 0 saturated heterocycles. The average Bonchev–Trinajstić information content (AvgIpc) is 2.38. The van der Waals surface area contributed by atoms with E-state index in [4.69, 9.17) is 0 Å². The highest BCUT2D eigenvalue weighted by Crippen LogP contribution is 2.32. The van der Waals surface area contributed by atoms with Gasteiger partial charge in [0, 0.05) is 11.7 Å². The predicted octanol–water partition coefficient (Wildman–Crippen LogP) is 2.26. The van der Waals surface area contributed by atoms with Gasteiger partial charge in [0.15, 0.2) is 0 Å². The highest BCUT2D eigenvalue weighted by atomic mass is 19.1. The van der Waals surface area contributed by atoms with Gasteiger partial charge >= 0.3 is 0 Å². The Kier molecular flexibility index (Phi) is 2.67. The Bertz CT molecular complexity index is 663. The smallest absolute Gasteiger partial charge is 0.256 e. The Morgan fingerprint density at radius 2 is 2.22 bits per heavy atom. The molecule has 4 heteroatoms. The zero-order chi connectivity index (χ0) is 12.7. The third kappa shape index (κ3) is 1.64. The zero-order valence-corrected chi connectivity index (χ0v) is 10.2. The number of hydrogen-bond acceptors (Lipinski definition) is 2. The number of benzene rings is 1. The Balaban J connectivity index is 2.39.